The van der Waals surface area contributed by atoms with Crippen molar-refractivity contribution in [2.45, 2.75) is 25.3 Å². The monoisotopic (exact) mass is 282 g/mol. The Morgan fingerprint density at radius 2 is 2.21 bits per heavy atom. The molecule has 3 N–H and O–H groups in total. The number of benzene rings is 1. The van der Waals surface area contributed by atoms with Crippen molar-refractivity contribution in [1.82, 2.24) is 4.90 Å². The number of nitrogens with two attached hydrogens (primary N) is 1. The number of rotatable bonds is 2. The number of piperidine rings is 1. The van der Waals surface area contributed by atoms with Crippen molar-refractivity contribution in [2.75, 3.05) is 6.54 Å². The molecule has 0 spiro atoms. The van der Waals surface area contributed by atoms with E-state index < -0.39 is 11.7 Å². The Morgan fingerprint density at radius 1 is 1.47 bits per heavy atom. The van der Waals surface area contributed by atoms with E-state index >= 15 is 0 Å². The molecule has 2 rings (SSSR count). The number of aromatic hydroxyl groups is 1. The quantitative estimate of drug-likeness (QED) is 0.812. The van der Waals surface area contributed by atoms with Crippen LogP contribution in [0.2, 0.25) is 0 Å². The molecule has 1 aromatic carbocycles. The van der Waals surface area contributed by atoms with E-state index in [1.807, 2.05) is 0 Å². The highest BCUT2D eigenvalue weighted by Gasteiger charge is 2.30. The maximum Gasteiger partial charge on any atom is 0.257 e. The molecule has 0 aromatic heterocycles. The number of nitrogens with zero attached hydrogens (tertiary/aromatic N) is 1. The zero-order chi connectivity index (χ0) is 14.0. The van der Waals surface area contributed by atoms with Gasteiger partial charge in [0.15, 0.2) is 0 Å². The van der Waals surface area contributed by atoms with Gasteiger partial charge in [-0.1, -0.05) is 12.2 Å². The number of likely N-dealkylation sites (tertiary alicyclic amines) is 1. The van der Waals surface area contributed by atoms with Gasteiger partial charge in [-0.3, -0.25) is 4.79 Å². The molecule has 1 aliphatic heterocycles. The third-order valence-corrected chi connectivity index (χ3v) is 3.55. The molecule has 1 saturated heterocycles. The molecule has 4 nitrogen and oxygen atoms in total. The molecular formula is C13H15FN2O2S. The zero-order valence-electron chi connectivity index (χ0n) is 10.3. The van der Waals surface area contributed by atoms with Gasteiger partial charge in [-0.25, -0.2) is 4.39 Å². The van der Waals surface area contributed by atoms with E-state index in [0.29, 0.717) is 13.0 Å². The van der Waals surface area contributed by atoms with Crippen molar-refractivity contribution in [2.24, 2.45) is 5.73 Å². The fraction of sp³-hybridized carbons (Fsp3) is 0.385. The van der Waals surface area contributed by atoms with Crippen molar-refractivity contribution in [3.8, 4) is 5.75 Å². The third-order valence-electron chi connectivity index (χ3n) is 3.28. The molecular weight excluding hydrogens is 267 g/mol. The van der Waals surface area contributed by atoms with Gasteiger partial charge in [-0.05, 0) is 31.4 Å². The third kappa shape index (κ3) is 2.84. The second-order valence-electron chi connectivity index (χ2n) is 4.58. The summed E-state index contributed by atoms with van der Waals surface area (Å²) >= 11 is 4.97. The predicted molar refractivity (Wildman–Crippen MR) is 73.5 cm³/mol. The number of hydrogen-bond acceptors (Lipinski definition) is 3. The molecule has 1 aromatic rings. The fourth-order valence-corrected chi connectivity index (χ4v) is 2.55. The Kier molecular flexibility index (Phi) is 3.99. The zero-order valence-corrected chi connectivity index (χ0v) is 11.1. The highest BCUT2D eigenvalue weighted by Crippen LogP contribution is 2.22. The SMILES string of the molecule is NC(=S)C1CCCCN1C(=O)c1ccc(O)cc1F. The van der Waals surface area contributed by atoms with Crippen LogP contribution in [0.4, 0.5) is 4.39 Å². The summed E-state index contributed by atoms with van der Waals surface area (Å²) in [7, 11) is 0. The minimum atomic E-state index is -0.739. The number of thiocarbonyl (C=S) groups is 1. The smallest absolute Gasteiger partial charge is 0.257 e. The van der Waals surface area contributed by atoms with Gasteiger partial charge in [0.1, 0.15) is 11.6 Å². The predicted octanol–water partition coefficient (Wildman–Crippen LogP) is 1.81. The number of carbonyl (C=O) groups is 1. The number of carbonyl (C=O) groups excluding carboxylic acids is 1. The van der Waals surface area contributed by atoms with Crippen LogP contribution < -0.4 is 5.73 Å². The molecule has 19 heavy (non-hydrogen) atoms. The molecule has 0 aliphatic carbocycles. The second kappa shape index (κ2) is 5.52. The average molecular weight is 282 g/mol. The Balaban J connectivity index is 2.28. The first-order chi connectivity index (χ1) is 9.00. The molecule has 6 heteroatoms. The minimum absolute atomic E-state index is 0.0686. The molecule has 102 valence electrons. The summed E-state index contributed by atoms with van der Waals surface area (Å²) in [5.41, 5.74) is 5.57. The van der Waals surface area contributed by atoms with Crippen LogP contribution in [-0.2, 0) is 0 Å². The lowest BCUT2D eigenvalue weighted by Crippen LogP contribution is -2.50. The second-order valence-corrected chi connectivity index (χ2v) is 5.05. The lowest BCUT2D eigenvalue weighted by molar-refractivity contribution is 0.0676. The highest BCUT2D eigenvalue weighted by molar-refractivity contribution is 7.80. The minimum Gasteiger partial charge on any atom is -0.508 e. The summed E-state index contributed by atoms with van der Waals surface area (Å²) in [6.07, 6.45) is 2.51. The summed E-state index contributed by atoms with van der Waals surface area (Å²) < 4.78 is 13.7. The van der Waals surface area contributed by atoms with Gasteiger partial charge in [0, 0.05) is 12.6 Å². The maximum absolute atomic E-state index is 13.7. The topological polar surface area (TPSA) is 66.6 Å². The normalized spacial score (nSPS) is 19.2. The van der Waals surface area contributed by atoms with Crippen LogP contribution in [0.3, 0.4) is 0 Å². The highest BCUT2D eigenvalue weighted by atomic mass is 32.1. The van der Waals surface area contributed by atoms with Gasteiger partial charge in [-0.2, -0.15) is 0 Å². The van der Waals surface area contributed by atoms with Gasteiger partial charge in [0.25, 0.3) is 5.91 Å². The van der Waals surface area contributed by atoms with Crippen LogP contribution in [0, 0.1) is 5.82 Å². The first-order valence-electron chi connectivity index (χ1n) is 6.09. The van der Waals surface area contributed by atoms with Crippen molar-refractivity contribution >= 4 is 23.1 Å². The van der Waals surface area contributed by atoms with Gasteiger partial charge >= 0.3 is 0 Å². The fourth-order valence-electron chi connectivity index (χ4n) is 2.30. The van der Waals surface area contributed by atoms with E-state index in [-0.39, 0.29) is 22.3 Å². The summed E-state index contributed by atoms with van der Waals surface area (Å²) in [6.45, 7) is 0.515. The van der Waals surface area contributed by atoms with Gasteiger partial charge in [-0.15, -0.1) is 0 Å². The van der Waals surface area contributed by atoms with Crippen LogP contribution in [0.25, 0.3) is 0 Å². The maximum atomic E-state index is 13.7. The van der Waals surface area contributed by atoms with Crippen LogP contribution in [-0.4, -0.2) is 33.5 Å². The van der Waals surface area contributed by atoms with Crippen molar-refractivity contribution in [1.29, 1.82) is 0 Å². The van der Waals surface area contributed by atoms with Gasteiger partial charge in [0.2, 0.25) is 0 Å². The molecule has 1 heterocycles. The van der Waals surface area contributed by atoms with Crippen LogP contribution >= 0.6 is 12.2 Å². The molecule has 1 amide bonds. The van der Waals surface area contributed by atoms with E-state index in [4.69, 9.17) is 23.1 Å². The number of phenols is 1. The Morgan fingerprint density at radius 3 is 2.84 bits per heavy atom. The van der Waals surface area contributed by atoms with Crippen molar-refractivity contribution in [3.63, 3.8) is 0 Å². The largest absolute Gasteiger partial charge is 0.508 e. The lowest BCUT2D eigenvalue weighted by Gasteiger charge is -2.35. The van der Waals surface area contributed by atoms with Crippen LogP contribution in [0.5, 0.6) is 5.75 Å². The van der Waals surface area contributed by atoms with Gasteiger partial charge in [0.05, 0.1) is 16.6 Å². The lowest BCUT2D eigenvalue weighted by atomic mass is 10.0. The first-order valence-corrected chi connectivity index (χ1v) is 6.50. The number of hydrogen-bond donors (Lipinski definition) is 2. The summed E-state index contributed by atoms with van der Waals surface area (Å²) in [5, 5.41) is 9.16. The van der Waals surface area contributed by atoms with Crippen LogP contribution in [0.15, 0.2) is 18.2 Å². The summed E-state index contributed by atoms with van der Waals surface area (Å²) in [5.74, 6) is -1.38. The number of amides is 1. The van der Waals surface area contributed by atoms with E-state index in [0.717, 1.165) is 18.9 Å². The van der Waals surface area contributed by atoms with Crippen molar-refractivity contribution < 1.29 is 14.3 Å². The number of halogens is 1. The first kappa shape index (κ1) is 13.7. The standard InChI is InChI=1S/C13H15FN2O2S/c14-10-7-8(17)4-5-9(10)13(18)16-6-2-1-3-11(16)12(15)19/h4-5,7,11,17H,1-3,6H2,(H2,15,19). The number of phenolic OH excluding ortho intramolecular Hbond substituents is 1. The Bertz CT molecular complexity index is 521. The average Bonchev–Trinajstić information content (AvgIpc) is 2.38. The van der Waals surface area contributed by atoms with E-state index in [9.17, 15) is 9.18 Å². The summed E-state index contributed by atoms with van der Waals surface area (Å²) in [4.78, 5) is 14.1. The Labute approximate surface area is 116 Å². The van der Waals surface area contributed by atoms with Gasteiger partial charge < -0.3 is 15.7 Å². The van der Waals surface area contributed by atoms with E-state index in [1.165, 1.54) is 17.0 Å². The molecule has 0 saturated carbocycles. The Hall–Kier alpha value is -1.69. The molecule has 1 fully saturated rings. The van der Waals surface area contributed by atoms with E-state index in [2.05, 4.69) is 0 Å². The molecule has 1 atom stereocenters. The summed E-state index contributed by atoms with van der Waals surface area (Å²) in [6, 6.07) is 3.17. The molecule has 0 radical (unpaired) electrons. The van der Waals surface area contributed by atoms with Crippen molar-refractivity contribution in [3.05, 3.63) is 29.6 Å². The molecule has 1 unspecified atom stereocenters. The van der Waals surface area contributed by atoms with E-state index in [1.54, 1.807) is 0 Å². The molecule has 1 aliphatic rings. The molecule has 0 bridgehead atoms. The van der Waals surface area contributed by atoms with Crippen LogP contribution in [0.1, 0.15) is 29.6 Å².